The summed E-state index contributed by atoms with van der Waals surface area (Å²) in [5.74, 6) is -4.92. The van der Waals surface area contributed by atoms with E-state index in [1.165, 1.54) is 0 Å². The molecule has 18 N–H and O–H groups in total. The van der Waals surface area contributed by atoms with Gasteiger partial charge in [0, 0.05) is 23.9 Å². The van der Waals surface area contributed by atoms with Gasteiger partial charge in [-0.15, -0.1) is 0 Å². The molecule has 1 atom stereocenters. The molecule has 0 saturated heterocycles. The van der Waals surface area contributed by atoms with Crippen LogP contribution in [-0.4, -0.2) is 29.9 Å². The number of rotatable bonds is 4. The van der Waals surface area contributed by atoms with Crippen LogP contribution in [0, 0.1) is 0 Å². The molecule has 0 saturated carbocycles. The van der Waals surface area contributed by atoms with Crippen LogP contribution in [0.4, 0.5) is 0 Å². The molecule has 0 amide bonds. The Hall–Kier alpha value is -2.32. The molecule has 13 heteroatoms. The van der Waals surface area contributed by atoms with Gasteiger partial charge in [-0.2, -0.15) is 0 Å². The fourth-order valence-corrected chi connectivity index (χ4v) is 0.391. The van der Waals surface area contributed by atoms with E-state index in [4.69, 9.17) is 25.5 Å². The fourth-order valence-electron chi connectivity index (χ4n) is 0.391. The molecule has 0 unspecified atom stereocenters. The zero-order chi connectivity index (χ0) is 15.3. The zero-order valence-electron chi connectivity index (χ0n) is 13.8. The van der Waals surface area contributed by atoms with E-state index in [0.29, 0.717) is 0 Å². The maximum Gasteiger partial charge on any atom is 0.0582 e. The van der Waals surface area contributed by atoms with Crippen molar-refractivity contribution in [2.75, 3.05) is 0 Å². The number of aliphatic carboxylic acids is 4. The lowest BCUT2D eigenvalue weighted by atomic mass is 10.2. The summed E-state index contributed by atoms with van der Waals surface area (Å²) in [5, 5.41) is 37.4. The van der Waals surface area contributed by atoms with Gasteiger partial charge in [0.15, 0.2) is 0 Å². The first-order valence-corrected chi connectivity index (χ1v) is 4.52. The first kappa shape index (κ1) is 42.7. The van der Waals surface area contributed by atoms with Gasteiger partial charge in [0.2, 0.25) is 0 Å². The molecule has 0 aliphatic heterocycles. The minimum absolute atomic E-state index is 0. The number of carboxylic acids is 4. The van der Waals surface area contributed by atoms with Crippen molar-refractivity contribution >= 4 is 23.9 Å². The predicted molar refractivity (Wildman–Crippen MR) is 72.5 cm³/mol. The molecule has 138 valence electrons. The third kappa shape index (κ3) is 110. The number of carboxylic acid groups (broad SMARTS) is 4. The van der Waals surface area contributed by atoms with E-state index in [1.807, 2.05) is 0 Å². The monoisotopic (exact) mass is 335 g/mol. The van der Waals surface area contributed by atoms with Crippen molar-refractivity contribution in [3.05, 3.63) is 0 Å². The molecule has 13 nitrogen and oxygen atoms in total. The summed E-state index contributed by atoms with van der Waals surface area (Å²) in [6, 6.07) is -1.21. The number of carbonyl (C=O) groups is 4. The highest BCUT2D eigenvalue weighted by Crippen LogP contribution is 1.90. The van der Waals surface area contributed by atoms with Gasteiger partial charge in [-0.05, 0) is 26.7 Å². The number of hydrogen-bond acceptors (Lipinski definition) is 9. The van der Waals surface area contributed by atoms with Gasteiger partial charge in [0.05, 0.1) is 5.97 Å². The summed E-state index contributed by atoms with van der Waals surface area (Å²) in [7, 11) is 0. The molecule has 0 aliphatic rings. The van der Waals surface area contributed by atoms with E-state index < -0.39 is 29.9 Å². The molecule has 0 bridgehead atoms. The molecule has 0 radical (unpaired) electrons. The second-order valence-electron chi connectivity index (χ2n) is 2.82. The van der Waals surface area contributed by atoms with Crippen molar-refractivity contribution in [2.45, 2.75) is 32.7 Å². The van der Waals surface area contributed by atoms with E-state index in [9.17, 15) is 19.8 Å². The molecule has 0 aromatic rings. The van der Waals surface area contributed by atoms with Crippen LogP contribution in [-0.2, 0) is 19.2 Å². The maximum absolute atomic E-state index is 9.86. The quantitative estimate of drug-likeness (QED) is 0.330. The standard InChI is InChI=1S/C5H9NO4.2C2H4O2.4H3N/c6-3(5(9)10)1-2-4(7)8;2*1-2(3)4;;;;/h3H,1-2,6H2,(H,7,8)(H,9,10);2*1H3,(H,3,4);4*1H3/t3-;;;;;;/m0....../s1. The van der Waals surface area contributed by atoms with Gasteiger partial charge in [0.1, 0.15) is 0 Å². The van der Waals surface area contributed by atoms with E-state index >= 15 is 0 Å². The third-order valence-electron chi connectivity index (χ3n) is 0.962. The minimum Gasteiger partial charge on any atom is -0.550 e. The number of quaternary nitrogens is 4. The van der Waals surface area contributed by atoms with Crippen LogP contribution in [0.3, 0.4) is 0 Å². The lowest BCUT2D eigenvalue weighted by molar-refractivity contribution is -0.310. The van der Waals surface area contributed by atoms with Gasteiger partial charge in [-0.3, -0.25) is 0 Å². The summed E-state index contributed by atoms with van der Waals surface area (Å²) in [6.07, 6.45) is -0.500. The SMILES string of the molecule is CC(=O)[O-].CC(=O)[O-].N[C@@H](CCC(=O)[O-])C(=O)[O-].[NH4+].[NH4+].[NH4+].[NH4+]. The molecule has 22 heavy (non-hydrogen) atoms. The number of nitrogens with two attached hydrogens (primary N) is 1. The highest BCUT2D eigenvalue weighted by atomic mass is 16.4. The normalized spacial score (nSPS) is 7.95. The Morgan fingerprint density at radius 2 is 1.05 bits per heavy atom. The first-order chi connectivity index (χ1) is 8.00. The third-order valence-corrected chi connectivity index (χ3v) is 0.962. The van der Waals surface area contributed by atoms with E-state index in [0.717, 1.165) is 13.8 Å². The Balaban J connectivity index is -0.0000000325. The van der Waals surface area contributed by atoms with Crippen LogP contribution in [0.2, 0.25) is 0 Å². The van der Waals surface area contributed by atoms with Gasteiger partial charge >= 0.3 is 0 Å². The van der Waals surface area contributed by atoms with Gasteiger partial charge < -0.3 is 69.9 Å². The van der Waals surface area contributed by atoms with Crippen LogP contribution in [0.25, 0.3) is 0 Å². The molecule has 0 aromatic carbocycles. The molecule has 0 heterocycles. The van der Waals surface area contributed by atoms with Gasteiger partial charge in [-0.1, -0.05) is 0 Å². The van der Waals surface area contributed by atoms with Crippen molar-refractivity contribution in [1.82, 2.24) is 24.6 Å². The van der Waals surface area contributed by atoms with Gasteiger partial charge in [0.25, 0.3) is 0 Å². The van der Waals surface area contributed by atoms with Crippen LogP contribution in [0.5, 0.6) is 0 Å². The maximum atomic E-state index is 9.86. The number of carbonyl (C=O) groups excluding carboxylic acids is 4. The molecular weight excluding hydrogens is 306 g/mol. The summed E-state index contributed by atoms with van der Waals surface area (Å²) < 4.78 is 0. The van der Waals surface area contributed by atoms with Crippen molar-refractivity contribution in [3.8, 4) is 0 Å². The fraction of sp³-hybridized carbons (Fsp3) is 0.556. The second-order valence-corrected chi connectivity index (χ2v) is 2.82. The Morgan fingerprint density at radius 1 is 0.818 bits per heavy atom. The van der Waals surface area contributed by atoms with Gasteiger partial charge in [-0.25, -0.2) is 0 Å². The van der Waals surface area contributed by atoms with Crippen LogP contribution < -0.4 is 50.8 Å². The second kappa shape index (κ2) is 27.1. The van der Waals surface area contributed by atoms with E-state index in [-0.39, 0.29) is 37.4 Å². The Labute approximate surface area is 127 Å². The Bertz CT molecular complexity index is 280. The average Bonchev–Trinajstić information content (AvgIpc) is 2.11. The van der Waals surface area contributed by atoms with Crippen molar-refractivity contribution in [3.63, 3.8) is 0 Å². The smallest absolute Gasteiger partial charge is 0.0582 e. The van der Waals surface area contributed by atoms with Crippen molar-refractivity contribution < 1.29 is 39.6 Å². The lowest BCUT2D eigenvalue weighted by Gasteiger charge is -2.11. The highest BCUT2D eigenvalue weighted by Gasteiger charge is 2.01. The molecular formula is C9H29N5O8. The molecule has 0 aliphatic carbocycles. The van der Waals surface area contributed by atoms with Crippen molar-refractivity contribution in [2.24, 2.45) is 5.73 Å². The molecule has 0 rings (SSSR count). The largest absolute Gasteiger partial charge is 0.550 e. The molecule has 0 fully saturated rings. The highest BCUT2D eigenvalue weighted by molar-refractivity contribution is 5.72. The first-order valence-electron chi connectivity index (χ1n) is 4.52. The van der Waals surface area contributed by atoms with Crippen LogP contribution in [0.1, 0.15) is 26.7 Å². The zero-order valence-corrected chi connectivity index (χ0v) is 13.8. The average molecular weight is 335 g/mol. The molecule has 0 aromatic heterocycles. The summed E-state index contributed by atoms with van der Waals surface area (Å²) in [6.45, 7) is 1.94. The summed E-state index contributed by atoms with van der Waals surface area (Å²) in [4.78, 5) is 37.4. The molecule has 0 spiro atoms. The predicted octanol–water partition coefficient (Wildman–Crippen LogP) is -4.39. The van der Waals surface area contributed by atoms with Crippen molar-refractivity contribution in [1.29, 1.82) is 0 Å². The van der Waals surface area contributed by atoms with E-state index in [2.05, 4.69) is 0 Å². The Kier molecular flexibility index (Phi) is 52.6. The Morgan fingerprint density at radius 3 is 1.18 bits per heavy atom. The summed E-state index contributed by atoms with van der Waals surface area (Å²) >= 11 is 0. The topological polar surface area (TPSA) is 333 Å². The summed E-state index contributed by atoms with van der Waals surface area (Å²) in [5.41, 5.74) is 4.91. The van der Waals surface area contributed by atoms with Crippen LogP contribution in [0.15, 0.2) is 0 Å². The van der Waals surface area contributed by atoms with Crippen LogP contribution >= 0.6 is 0 Å². The van der Waals surface area contributed by atoms with E-state index in [1.54, 1.807) is 0 Å². The number of hydrogen-bond donors (Lipinski definition) is 5. The lowest BCUT2D eigenvalue weighted by Crippen LogP contribution is -2.42. The minimum atomic E-state index is -1.44.